The second-order valence-electron chi connectivity index (χ2n) is 25.4. The molecule has 0 aliphatic rings. The van der Waals surface area contributed by atoms with E-state index >= 15 is 0 Å². The number of Topliss-reactive ketones (excluding diaryl/α,β-unsaturated/α-hetero) is 4. The number of phenolic OH excluding ortho intramolecular Hbond substituents is 1. The Labute approximate surface area is 811 Å². The standard InChI is InChI=1S/C18H25N3OS.C13H13NOS.C11H14O2S.C11H12OS.C8H9BrOS.C8H10OS.C6H13NO2.C4H3BrS.C4H7ClO.C2H2BrN.C2H7NO.CH4.Br2.Na.H/c1-7-13-14-8-9-23-17(14)12(2)10-15(13)22-16(11-19)18(20(3)4)21(5)6;1-3-10-11-4-7-16-13(11)9(2)8-12(10)15-6-5-14;1-3-10(9-4-5-14-7-9)11(13)6-8(2)12;1-3-8-9-4-5-13-11(9)7(2)6-10(8)12;1-2-7(9)8(10)6-3-4-11-5-6;1-2-3-8(9)7-4-5-10-6-7;1-4-5-6(8)7(2)9-3;5-4-1-2-6-3-4;1-2-3-4(5)6;3-1-2-4;1-3-4-2;;1-2;;/h8-10,16,18H,7H2,1-6H3;4,7-8H,3,6H2,1-2H3;4-5,7,10H,3,6H2,1-2H3;4-6,12H,3H2,1-2H3;3-5,7H,2H2,1H3;4-6H,2-3H2,1H3;4-5H2,1-3H3;1-3H;2-3H2,1H3;1H2;3H,1-2H3;1H4;;;/q;;;;;;;;;;;;;+1;-1. The van der Waals surface area contributed by atoms with Crippen LogP contribution in [0.2, 0.25) is 0 Å². The number of ketones is 4. The number of aryl methyl sites for hydroxylation is 6. The quantitative estimate of drug-likeness (QED) is 0.00923. The van der Waals surface area contributed by atoms with Crippen LogP contribution in [0.3, 0.4) is 0 Å². The number of nitrogens with zero attached hydrogens (tertiary/aromatic N) is 6. The molecule has 3 atom stereocenters. The molecule has 0 spiro atoms. The van der Waals surface area contributed by atoms with Gasteiger partial charge in [-0.3, -0.25) is 43.4 Å². The van der Waals surface area contributed by atoms with Crippen LogP contribution in [0.4, 0.5) is 0 Å². The first kappa shape index (κ1) is 122. The van der Waals surface area contributed by atoms with Crippen LogP contribution in [0.25, 0.3) is 30.3 Å². The van der Waals surface area contributed by atoms with Gasteiger partial charge >= 0.3 is 29.6 Å². The molecule has 0 radical (unpaired) electrons. The number of fused-ring (bicyclic) bond motifs is 3. The van der Waals surface area contributed by atoms with Gasteiger partial charge in [-0.2, -0.15) is 61.1 Å². The minimum absolute atomic E-state index is 0. The van der Waals surface area contributed by atoms with Gasteiger partial charge in [0, 0.05) is 130 Å². The number of hydrogen-bond acceptors (Lipinski definition) is 24. The van der Waals surface area contributed by atoms with Crippen LogP contribution in [0.1, 0.15) is 195 Å². The molecular weight excluding hydrogens is 2010 g/mol. The van der Waals surface area contributed by atoms with Gasteiger partial charge in [-0.05, 0) is 277 Å². The summed E-state index contributed by atoms with van der Waals surface area (Å²) in [5.74, 6) is 2.50. The van der Waals surface area contributed by atoms with E-state index in [1.807, 2.05) is 171 Å². The molecular formula is C88H120Br5ClN7NaO11S7. The number of amides is 1. The van der Waals surface area contributed by atoms with Crippen molar-refractivity contribution in [1.82, 2.24) is 20.3 Å². The number of likely N-dealkylation sites (N-methyl/N-ethyl adjacent to an activating group) is 2. The summed E-state index contributed by atoms with van der Waals surface area (Å²) in [6.45, 7) is 24.0. The monoisotopic (exact) mass is 2130 g/mol. The van der Waals surface area contributed by atoms with Crippen LogP contribution < -0.4 is 44.5 Å². The third-order valence-electron chi connectivity index (χ3n) is 16.3. The molecule has 2 N–H and O–H groups in total. The molecule has 0 saturated heterocycles. The van der Waals surface area contributed by atoms with E-state index in [9.17, 15) is 39.1 Å². The molecule has 18 nitrogen and oxygen atoms in total. The number of carbonyl (C=O) groups excluding carboxylic acids is 6. The number of alkyl halides is 2. The van der Waals surface area contributed by atoms with Gasteiger partial charge in [-0.25, -0.2) is 10.5 Å². The van der Waals surface area contributed by atoms with E-state index in [2.05, 4.69) is 172 Å². The number of benzene rings is 3. The third-order valence-corrected chi connectivity index (χ3v) is 24.5. The van der Waals surface area contributed by atoms with Crippen molar-refractivity contribution in [3.63, 3.8) is 0 Å². The molecule has 0 saturated carbocycles. The van der Waals surface area contributed by atoms with E-state index in [-0.39, 0.29) is 103 Å². The maximum absolute atomic E-state index is 11.7. The summed E-state index contributed by atoms with van der Waals surface area (Å²) in [6.07, 6.45) is 8.10. The largest absolute Gasteiger partial charge is 1.00 e. The topological polar surface area (TPSA) is 253 Å². The molecule has 7 aromatic heterocycles. The average molecular weight is 2130 g/mol. The van der Waals surface area contributed by atoms with Crippen LogP contribution in [-0.4, -0.2) is 140 Å². The minimum Gasteiger partial charge on any atom is -1.00 e. The van der Waals surface area contributed by atoms with E-state index in [0.29, 0.717) is 30.3 Å². The maximum Gasteiger partial charge on any atom is 1.00 e. The Morgan fingerprint density at radius 2 is 1.06 bits per heavy atom. The zero-order chi connectivity index (χ0) is 89.8. The first-order valence-electron chi connectivity index (χ1n) is 37.7. The van der Waals surface area contributed by atoms with Gasteiger partial charge in [0.15, 0.2) is 18.2 Å². The third kappa shape index (κ3) is 47.2. The molecule has 0 aliphatic heterocycles. The molecule has 120 heavy (non-hydrogen) atoms. The molecule has 10 rings (SSSR count). The van der Waals surface area contributed by atoms with Crippen LogP contribution in [0.5, 0.6) is 17.2 Å². The Hall–Kier alpha value is -4.48. The van der Waals surface area contributed by atoms with Crippen LogP contribution in [-0.2, 0) is 48.1 Å². The van der Waals surface area contributed by atoms with E-state index in [0.717, 1.165) is 85.1 Å². The molecule has 658 valence electrons. The van der Waals surface area contributed by atoms with Crippen LogP contribution >= 0.6 is 167 Å². The summed E-state index contributed by atoms with van der Waals surface area (Å²) in [5, 5.41) is 62.6. The Kier molecular flexibility index (Phi) is 74.8. The molecule has 10 aromatic rings. The fraction of sp³-hybridized carbons (Fsp3) is 0.443. The Morgan fingerprint density at radius 1 is 0.617 bits per heavy atom. The Bertz CT molecular complexity index is 4550. The molecule has 1 amide bonds. The number of phenols is 1. The number of aromatic hydroxyl groups is 1. The van der Waals surface area contributed by atoms with Crippen molar-refractivity contribution in [2.24, 2.45) is 0 Å². The number of nitrogens with one attached hydrogen (secondary N) is 1. The van der Waals surface area contributed by atoms with Crippen molar-refractivity contribution in [2.75, 3.05) is 68.4 Å². The zero-order valence-electron chi connectivity index (χ0n) is 73.2. The van der Waals surface area contributed by atoms with Gasteiger partial charge in [0.25, 0.3) is 0 Å². The smallest absolute Gasteiger partial charge is 1.00 e. The van der Waals surface area contributed by atoms with Gasteiger partial charge in [0.1, 0.15) is 47.1 Å². The number of halogens is 6. The second-order valence-corrected chi connectivity index (χ2v) is 34.3. The predicted octanol–water partition coefficient (Wildman–Crippen LogP) is 24.3. The van der Waals surface area contributed by atoms with E-state index in [1.165, 1.54) is 81.6 Å². The van der Waals surface area contributed by atoms with Crippen molar-refractivity contribution in [3.05, 3.63) is 174 Å². The normalized spacial score (nSPS) is 10.5. The summed E-state index contributed by atoms with van der Waals surface area (Å²) in [6, 6.07) is 26.2. The predicted molar refractivity (Wildman–Crippen MR) is 528 cm³/mol. The summed E-state index contributed by atoms with van der Waals surface area (Å²) in [7, 11) is 14.2. The van der Waals surface area contributed by atoms with Crippen molar-refractivity contribution < 1.29 is 84.0 Å². The second kappa shape index (κ2) is 73.7. The number of rotatable bonds is 27. The van der Waals surface area contributed by atoms with E-state index < -0.39 is 6.10 Å². The van der Waals surface area contributed by atoms with Gasteiger partial charge in [-0.1, -0.05) is 94.7 Å². The fourth-order valence-corrected chi connectivity index (χ4v) is 17.1. The number of hydroxylamine groups is 3. The molecule has 0 bridgehead atoms. The minimum atomic E-state index is -0.555. The van der Waals surface area contributed by atoms with Gasteiger partial charge in [0.05, 0.1) is 36.9 Å². The molecule has 3 unspecified atom stereocenters. The summed E-state index contributed by atoms with van der Waals surface area (Å²) in [5.41, 5.74) is 12.2. The van der Waals surface area contributed by atoms with Gasteiger partial charge < -0.3 is 20.8 Å². The van der Waals surface area contributed by atoms with E-state index in [1.54, 1.807) is 101 Å². The zero-order valence-corrected chi connectivity index (χ0v) is 88.6. The average Bonchev–Trinajstić information content (AvgIpc) is 1.71. The summed E-state index contributed by atoms with van der Waals surface area (Å²) >= 11 is 31.6. The van der Waals surface area contributed by atoms with E-state index in [4.69, 9.17) is 31.6 Å². The van der Waals surface area contributed by atoms with Crippen LogP contribution in [0.15, 0.2) is 124 Å². The number of hydrogen-bond donors (Lipinski definition) is 2. The molecule has 32 heteroatoms. The maximum atomic E-state index is 11.7. The Balaban J connectivity index is -0.000000419. The Morgan fingerprint density at radius 3 is 1.40 bits per heavy atom. The fourth-order valence-electron chi connectivity index (χ4n) is 10.7. The van der Waals surface area contributed by atoms with Crippen molar-refractivity contribution in [2.45, 2.75) is 191 Å². The van der Waals surface area contributed by atoms with Crippen molar-refractivity contribution >= 4 is 232 Å². The van der Waals surface area contributed by atoms with Crippen LogP contribution in [0, 0.1) is 54.8 Å². The molecule has 0 aliphatic carbocycles. The number of thiophene rings is 7. The molecule has 0 fully saturated rings. The summed E-state index contributed by atoms with van der Waals surface area (Å²) < 4.78 is 16.8. The number of ether oxygens (including phenoxy) is 2. The van der Waals surface area contributed by atoms with Gasteiger partial charge in [0.2, 0.25) is 17.3 Å². The summed E-state index contributed by atoms with van der Waals surface area (Å²) in [4.78, 5) is 78.5. The first-order chi connectivity index (χ1) is 56.4. The van der Waals surface area contributed by atoms with Gasteiger partial charge in [-0.15, -0.1) is 34.0 Å². The first-order valence-corrected chi connectivity index (χ1v) is 51.0. The van der Waals surface area contributed by atoms with Crippen molar-refractivity contribution in [3.8, 4) is 35.5 Å². The van der Waals surface area contributed by atoms with Crippen molar-refractivity contribution in [1.29, 1.82) is 15.8 Å². The molecule has 3 aromatic carbocycles. The molecule has 7 heterocycles. The number of nitriles is 3. The number of carbonyl (C=O) groups is 6. The SMILES string of the molecule is BrBr.Brc1ccsc1.C.CCC(Br)C(=O)c1ccsc1.CCC(C(=O)CC(C)=O)c1ccsc1.CCCC(=O)Cl.CCCC(=O)N(C)OC.CCCC(=O)c1ccsc1.CCc1c(O)cc(C)c2sccc12.CCc1c(OC(C#N)C(N(C)C)N(C)C)cc(C)c2sccc12.CCc1c(OCC#N)cc(C)c2sccc12.CNOC.N#CCBr.[H-].[Na+].